The first-order chi connectivity index (χ1) is 14.8. The molecular weight excluding hydrogens is 418 g/mol. The molecule has 8 heteroatoms. The maximum Gasteiger partial charge on any atom is 0.308 e. The lowest BCUT2D eigenvalue weighted by Gasteiger charge is -2.20. The second-order valence-electron chi connectivity index (χ2n) is 7.36. The number of carbonyl (C=O) groups excluding carboxylic acids is 2. The molecular formula is C23H20ClN3O4. The Labute approximate surface area is 183 Å². The highest BCUT2D eigenvalue weighted by Crippen LogP contribution is 2.36. The van der Waals surface area contributed by atoms with Gasteiger partial charge in [-0.2, -0.15) is 5.10 Å². The number of para-hydroxylation sites is 1. The molecule has 2 heterocycles. The van der Waals surface area contributed by atoms with Gasteiger partial charge in [-0.1, -0.05) is 35.9 Å². The van der Waals surface area contributed by atoms with E-state index < -0.39 is 12.0 Å². The van der Waals surface area contributed by atoms with E-state index in [1.807, 2.05) is 12.1 Å². The second-order valence-corrected chi connectivity index (χ2v) is 7.80. The lowest BCUT2D eigenvalue weighted by Crippen LogP contribution is -2.26. The van der Waals surface area contributed by atoms with Gasteiger partial charge in [-0.25, -0.2) is 5.01 Å². The summed E-state index contributed by atoms with van der Waals surface area (Å²) in [7, 11) is 1.65. The van der Waals surface area contributed by atoms with E-state index in [9.17, 15) is 14.4 Å². The molecule has 31 heavy (non-hydrogen) atoms. The summed E-state index contributed by atoms with van der Waals surface area (Å²) >= 11 is 6.00. The first-order valence-electron chi connectivity index (χ1n) is 9.71. The second kappa shape index (κ2) is 8.00. The van der Waals surface area contributed by atoms with Crippen LogP contribution < -0.4 is 10.3 Å². The SMILES string of the molecule is CC(=O)Oc1c(C2=NN(C(C)=O)[C@H](c3ccc(Cl)cc3)C2)c(=O)n(C)c2ccccc12. The van der Waals surface area contributed by atoms with Crippen molar-refractivity contribution in [3.63, 3.8) is 0 Å². The van der Waals surface area contributed by atoms with Crippen LogP contribution in [0.3, 0.4) is 0 Å². The summed E-state index contributed by atoms with van der Waals surface area (Å²) < 4.78 is 7.00. The number of carbonyl (C=O) groups is 2. The predicted molar refractivity (Wildman–Crippen MR) is 118 cm³/mol. The maximum atomic E-state index is 13.3. The standard InChI is InChI=1S/C23H20ClN3O4/c1-13(28)27-20(15-8-10-16(24)11-9-15)12-18(25-27)21-22(31-14(2)29)17-6-4-5-7-19(17)26(3)23(21)30/h4-11,20H,12H2,1-3H3/t20-/m0/s1. The van der Waals surface area contributed by atoms with Gasteiger partial charge in [0, 0.05) is 37.7 Å². The minimum atomic E-state index is -0.545. The van der Waals surface area contributed by atoms with Crippen molar-refractivity contribution in [2.75, 3.05) is 0 Å². The van der Waals surface area contributed by atoms with E-state index >= 15 is 0 Å². The molecule has 7 nitrogen and oxygen atoms in total. The fourth-order valence-corrected chi connectivity index (χ4v) is 3.99. The molecule has 1 aliphatic rings. The third kappa shape index (κ3) is 3.72. The number of pyridine rings is 1. The minimum absolute atomic E-state index is 0.158. The Morgan fingerprint density at radius 3 is 2.42 bits per heavy atom. The molecule has 1 aromatic heterocycles. The number of hydrazone groups is 1. The maximum absolute atomic E-state index is 13.3. The number of benzene rings is 2. The molecule has 0 fully saturated rings. The largest absolute Gasteiger partial charge is 0.425 e. The van der Waals surface area contributed by atoms with Crippen molar-refractivity contribution >= 4 is 40.1 Å². The quantitative estimate of drug-likeness (QED) is 0.583. The highest BCUT2D eigenvalue weighted by molar-refractivity contribution is 6.30. The Hall–Kier alpha value is -3.45. The van der Waals surface area contributed by atoms with Crippen molar-refractivity contribution in [3.05, 3.63) is 75.0 Å². The molecule has 0 unspecified atom stereocenters. The molecule has 0 saturated carbocycles. The number of nitrogens with zero attached hydrogens (tertiary/aromatic N) is 3. The molecule has 1 amide bonds. The van der Waals surface area contributed by atoms with Crippen molar-refractivity contribution in [2.45, 2.75) is 26.3 Å². The zero-order chi connectivity index (χ0) is 22.3. The summed E-state index contributed by atoms with van der Waals surface area (Å²) in [5.74, 6) is -0.650. The fraction of sp³-hybridized carbons (Fsp3) is 0.217. The van der Waals surface area contributed by atoms with Gasteiger partial charge < -0.3 is 9.30 Å². The molecule has 0 spiro atoms. The van der Waals surface area contributed by atoms with Gasteiger partial charge in [-0.3, -0.25) is 14.4 Å². The van der Waals surface area contributed by atoms with Crippen LogP contribution in [0.15, 0.2) is 58.4 Å². The molecule has 3 aromatic rings. The van der Waals surface area contributed by atoms with Gasteiger partial charge >= 0.3 is 5.97 Å². The summed E-state index contributed by atoms with van der Waals surface area (Å²) in [5.41, 5.74) is 1.68. The first-order valence-corrected chi connectivity index (χ1v) is 10.1. The van der Waals surface area contributed by atoms with E-state index in [4.69, 9.17) is 16.3 Å². The van der Waals surface area contributed by atoms with E-state index in [1.54, 1.807) is 43.4 Å². The number of amides is 1. The molecule has 1 aliphatic heterocycles. The number of ether oxygens (including phenoxy) is 1. The van der Waals surface area contributed by atoms with Crippen LogP contribution in [0.2, 0.25) is 5.02 Å². The van der Waals surface area contributed by atoms with Gasteiger partial charge in [0.2, 0.25) is 5.91 Å². The van der Waals surface area contributed by atoms with E-state index in [2.05, 4.69) is 5.10 Å². The van der Waals surface area contributed by atoms with Gasteiger partial charge in [0.25, 0.3) is 5.56 Å². The zero-order valence-electron chi connectivity index (χ0n) is 17.3. The lowest BCUT2D eigenvalue weighted by molar-refractivity contribution is -0.132. The van der Waals surface area contributed by atoms with E-state index in [1.165, 1.54) is 23.4 Å². The molecule has 2 aromatic carbocycles. The summed E-state index contributed by atoms with van der Waals surface area (Å²) in [6, 6.07) is 13.9. The van der Waals surface area contributed by atoms with Gasteiger partial charge in [0.15, 0.2) is 5.75 Å². The Kier molecular flexibility index (Phi) is 5.37. The fourth-order valence-electron chi connectivity index (χ4n) is 3.87. The van der Waals surface area contributed by atoms with Crippen LogP contribution in [-0.2, 0) is 16.6 Å². The van der Waals surface area contributed by atoms with Crippen LogP contribution in [0.25, 0.3) is 10.9 Å². The molecule has 0 aliphatic carbocycles. The number of hydrogen-bond acceptors (Lipinski definition) is 5. The smallest absolute Gasteiger partial charge is 0.308 e. The lowest BCUT2D eigenvalue weighted by atomic mass is 9.97. The number of aryl methyl sites for hydroxylation is 1. The number of fused-ring (bicyclic) bond motifs is 1. The Morgan fingerprint density at radius 1 is 1.10 bits per heavy atom. The highest BCUT2D eigenvalue weighted by atomic mass is 35.5. The third-order valence-electron chi connectivity index (χ3n) is 5.28. The minimum Gasteiger partial charge on any atom is -0.425 e. The van der Waals surface area contributed by atoms with Crippen LogP contribution in [-0.4, -0.2) is 27.2 Å². The topological polar surface area (TPSA) is 81.0 Å². The number of rotatable bonds is 3. The average Bonchev–Trinajstić information content (AvgIpc) is 3.17. The van der Waals surface area contributed by atoms with E-state index in [-0.39, 0.29) is 22.8 Å². The van der Waals surface area contributed by atoms with Crippen LogP contribution >= 0.6 is 11.6 Å². The molecule has 0 saturated heterocycles. The normalized spacial score (nSPS) is 15.8. The van der Waals surface area contributed by atoms with Gasteiger partial charge in [-0.15, -0.1) is 0 Å². The summed E-state index contributed by atoms with van der Waals surface area (Å²) in [6.45, 7) is 2.70. The van der Waals surface area contributed by atoms with Crippen molar-refractivity contribution in [3.8, 4) is 5.75 Å². The van der Waals surface area contributed by atoms with Gasteiger partial charge in [0.1, 0.15) is 5.56 Å². The number of esters is 1. The van der Waals surface area contributed by atoms with E-state index in [0.29, 0.717) is 28.1 Å². The van der Waals surface area contributed by atoms with Crippen LogP contribution in [0.1, 0.15) is 37.4 Å². The monoisotopic (exact) mass is 437 g/mol. The Morgan fingerprint density at radius 2 is 1.77 bits per heavy atom. The van der Waals surface area contributed by atoms with Gasteiger partial charge in [-0.05, 0) is 29.8 Å². The van der Waals surface area contributed by atoms with E-state index in [0.717, 1.165) is 5.56 Å². The molecule has 4 rings (SSSR count). The van der Waals surface area contributed by atoms with Crippen molar-refractivity contribution in [2.24, 2.45) is 12.1 Å². The van der Waals surface area contributed by atoms with Crippen LogP contribution in [0.4, 0.5) is 0 Å². The molecule has 158 valence electrons. The van der Waals surface area contributed by atoms with Crippen LogP contribution in [0, 0.1) is 0 Å². The molecule has 0 N–H and O–H groups in total. The Balaban J connectivity index is 1.91. The first kappa shape index (κ1) is 20.8. The summed E-state index contributed by atoms with van der Waals surface area (Å²) in [5, 5.41) is 7.02. The van der Waals surface area contributed by atoms with Gasteiger partial charge in [0.05, 0.1) is 17.3 Å². The number of hydrogen-bond donors (Lipinski definition) is 0. The molecule has 0 bridgehead atoms. The zero-order valence-corrected chi connectivity index (χ0v) is 18.0. The number of aromatic nitrogens is 1. The Bertz CT molecular complexity index is 1290. The average molecular weight is 438 g/mol. The molecule has 0 radical (unpaired) electrons. The van der Waals surface area contributed by atoms with Crippen LogP contribution in [0.5, 0.6) is 5.75 Å². The summed E-state index contributed by atoms with van der Waals surface area (Å²) in [6.07, 6.45) is 0.295. The summed E-state index contributed by atoms with van der Waals surface area (Å²) in [4.78, 5) is 37.5. The molecule has 1 atom stereocenters. The highest BCUT2D eigenvalue weighted by Gasteiger charge is 2.35. The van der Waals surface area contributed by atoms with Crippen molar-refractivity contribution in [1.29, 1.82) is 0 Å². The van der Waals surface area contributed by atoms with Crippen molar-refractivity contribution in [1.82, 2.24) is 9.58 Å². The number of halogens is 1. The van der Waals surface area contributed by atoms with Crippen molar-refractivity contribution < 1.29 is 14.3 Å². The third-order valence-corrected chi connectivity index (χ3v) is 5.53. The predicted octanol–water partition coefficient (Wildman–Crippen LogP) is 3.81.